The zero-order valence-electron chi connectivity index (χ0n) is 15.9. The summed E-state index contributed by atoms with van der Waals surface area (Å²) < 4.78 is 0. The minimum atomic E-state index is 0.142. The topological polar surface area (TPSA) is 23.6 Å². The van der Waals surface area contributed by atoms with Crippen LogP contribution in [0.25, 0.3) is 0 Å². The second-order valence-electron chi connectivity index (χ2n) is 7.72. The molecule has 0 radical (unpaired) electrons. The zero-order valence-corrected chi connectivity index (χ0v) is 15.9. The largest absolute Gasteiger partial charge is 0.335 e. The lowest BCUT2D eigenvalue weighted by Crippen LogP contribution is -2.53. The Morgan fingerprint density at radius 1 is 0.714 bits per heavy atom. The van der Waals surface area contributed by atoms with Crippen molar-refractivity contribution in [2.24, 2.45) is 0 Å². The van der Waals surface area contributed by atoms with Gasteiger partial charge in [0.2, 0.25) is 0 Å². The van der Waals surface area contributed by atoms with E-state index in [9.17, 15) is 4.79 Å². The van der Waals surface area contributed by atoms with Crippen molar-refractivity contribution in [2.75, 3.05) is 26.2 Å². The lowest BCUT2D eigenvalue weighted by Gasteiger charge is -2.47. The molecule has 140 valence electrons. The van der Waals surface area contributed by atoms with Crippen LogP contribution in [0.5, 0.6) is 0 Å². The first-order valence-corrected chi connectivity index (χ1v) is 10.0. The van der Waals surface area contributed by atoms with Crippen molar-refractivity contribution >= 4 is 5.91 Å². The Balaban J connectivity index is 1.46. The molecule has 0 spiro atoms. The van der Waals surface area contributed by atoms with E-state index in [-0.39, 0.29) is 11.9 Å². The predicted molar refractivity (Wildman–Crippen MR) is 111 cm³/mol. The monoisotopic (exact) mass is 368 g/mol. The molecule has 3 nitrogen and oxygen atoms in total. The van der Waals surface area contributed by atoms with E-state index in [1.165, 1.54) is 16.7 Å². The molecule has 2 atom stereocenters. The predicted octanol–water partition coefficient (Wildman–Crippen LogP) is 4.33. The second-order valence-corrected chi connectivity index (χ2v) is 7.72. The number of nitrogens with zero attached hydrogens (tertiary/aromatic N) is 2. The molecule has 2 aliphatic rings. The van der Waals surface area contributed by atoms with E-state index >= 15 is 0 Å². The summed E-state index contributed by atoms with van der Waals surface area (Å²) in [4.78, 5) is 17.6. The first-order valence-electron chi connectivity index (χ1n) is 10.0. The molecule has 0 aliphatic carbocycles. The van der Waals surface area contributed by atoms with Crippen molar-refractivity contribution in [1.29, 1.82) is 0 Å². The minimum Gasteiger partial charge on any atom is -0.335 e. The van der Waals surface area contributed by atoms with Gasteiger partial charge in [-0.1, -0.05) is 72.8 Å². The van der Waals surface area contributed by atoms with Crippen LogP contribution >= 0.6 is 0 Å². The van der Waals surface area contributed by atoms with Crippen molar-refractivity contribution < 1.29 is 4.79 Å². The fourth-order valence-corrected chi connectivity index (χ4v) is 4.72. The number of hydrogen-bond acceptors (Lipinski definition) is 2. The number of fused-ring (bicyclic) bond motifs is 3. The Morgan fingerprint density at radius 3 is 2.11 bits per heavy atom. The first kappa shape index (κ1) is 17.2. The molecular formula is C25H24N2O. The maximum atomic E-state index is 13.0. The number of carbonyl (C=O) groups is 1. The Bertz CT molecular complexity index is 970. The summed E-state index contributed by atoms with van der Waals surface area (Å²) in [7, 11) is 0. The molecule has 2 unspecified atom stereocenters. The van der Waals surface area contributed by atoms with Gasteiger partial charge < -0.3 is 4.90 Å². The van der Waals surface area contributed by atoms with E-state index in [4.69, 9.17) is 0 Å². The van der Waals surface area contributed by atoms with E-state index in [2.05, 4.69) is 59.5 Å². The molecule has 0 bridgehead atoms. The highest BCUT2D eigenvalue weighted by Gasteiger charge is 2.38. The molecule has 3 aromatic carbocycles. The molecule has 1 fully saturated rings. The van der Waals surface area contributed by atoms with Crippen LogP contribution in [-0.4, -0.2) is 41.9 Å². The average molecular weight is 368 g/mol. The van der Waals surface area contributed by atoms with Crippen LogP contribution in [0, 0.1) is 0 Å². The van der Waals surface area contributed by atoms with Gasteiger partial charge in [0.15, 0.2) is 0 Å². The van der Waals surface area contributed by atoms with Crippen molar-refractivity contribution in [2.45, 2.75) is 12.0 Å². The number of rotatable bonds is 2. The third-order valence-electron chi connectivity index (χ3n) is 6.15. The van der Waals surface area contributed by atoms with Crippen LogP contribution in [0.4, 0.5) is 0 Å². The minimum absolute atomic E-state index is 0.142. The number of benzene rings is 3. The Morgan fingerprint density at radius 2 is 1.36 bits per heavy atom. The third kappa shape index (κ3) is 3.02. The summed E-state index contributed by atoms with van der Waals surface area (Å²) in [6, 6.07) is 29.5. The summed E-state index contributed by atoms with van der Waals surface area (Å²) in [5.74, 6) is 0.535. The van der Waals surface area contributed by atoms with E-state index in [1.54, 1.807) is 0 Å². The van der Waals surface area contributed by atoms with Gasteiger partial charge in [-0.15, -0.1) is 0 Å². The Hall–Kier alpha value is -2.91. The average Bonchev–Trinajstić information content (AvgIpc) is 2.79. The summed E-state index contributed by atoms with van der Waals surface area (Å²) in [6.45, 7) is 3.47. The summed E-state index contributed by atoms with van der Waals surface area (Å²) in [5.41, 5.74) is 4.93. The van der Waals surface area contributed by atoms with Gasteiger partial charge in [-0.2, -0.15) is 0 Å². The maximum Gasteiger partial charge on any atom is 0.253 e. The highest BCUT2D eigenvalue weighted by molar-refractivity contribution is 5.94. The molecule has 2 heterocycles. The molecule has 5 rings (SSSR count). The fourth-order valence-electron chi connectivity index (χ4n) is 4.72. The van der Waals surface area contributed by atoms with Crippen molar-refractivity contribution in [3.63, 3.8) is 0 Å². The molecule has 28 heavy (non-hydrogen) atoms. The van der Waals surface area contributed by atoms with Crippen molar-refractivity contribution in [3.05, 3.63) is 107 Å². The smallest absolute Gasteiger partial charge is 0.253 e. The van der Waals surface area contributed by atoms with Crippen LogP contribution in [0.2, 0.25) is 0 Å². The van der Waals surface area contributed by atoms with Gasteiger partial charge in [0.1, 0.15) is 0 Å². The highest BCUT2D eigenvalue weighted by Crippen LogP contribution is 2.40. The molecule has 1 saturated heterocycles. The lowest BCUT2D eigenvalue weighted by molar-refractivity contribution is 0.0435. The van der Waals surface area contributed by atoms with E-state index < -0.39 is 0 Å². The van der Waals surface area contributed by atoms with Gasteiger partial charge in [-0.05, 0) is 28.8 Å². The number of piperazine rings is 1. The Labute approximate surface area is 166 Å². The molecule has 3 heteroatoms. The normalized spacial score (nSPS) is 21.6. The van der Waals surface area contributed by atoms with E-state index in [0.717, 1.165) is 31.7 Å². The van der Waals surface area contributed by atoms with Crippen molar-refractivity contribution in [3.8, 4) is 0 Å². The molecule has 0 aromatic heterocycles. The third-order valence-corrected chi connectivity index (χ3v) is 6.15. The van der Waals surface area contributed by atoms with Crippen LogP contribution in [-0.2, 0) is 0 Å². The van der Waals surface area contributed by atoms with Crippen LogP contribution in [0.1, 0.15) is 39.0 Å². The molecule has 0 N–H and O–H groups in total. The number of carbonyl (C=O) groups excluding carboxylic acids is 1. The van der Waals surface area contributed by atoms with Crippen LogP contribution in [0.3, 0.4) is 0 Å². The lowest BCUT2D eigenvalue weighted by atomic mass is 9.80. The molecule has 1 amide bonds. The first-order chi connectivity index (χ1) is 13.8. The van der Waals surface area contributed by atoms with Gasteiger partial charge in [0, 0.05) is 37.7 Å². The Kier molecular flexibility index (Phi) is 4.46. The van der Waals surface area contributed by atoms with Crippen molar-refractivity contribution in [1.82, 2.24) is 9.80 Å². The maximum absolute atomic E-state index is 13.0. The van der Waals surface area contributed by atoms with Crippen LogP contribution in [0.15, 0.2) is 84.9 Å². The standard InChI is InChI=1S/C25H24N2O/c28-25(20-11-5-2-6-12-20)27-16-15-26-17-23(19-9-3-1-4-10-19)21-13-7-8-14-22(21)24(26)18-27/h1-14,23-24H,15-18H2. The van der Waals surface area contributed by atoms with Gasteiger partial charge in [0.25, 0.3) is 5.91 Å². The molecular weight excluding hydrogens is 344 g/mol. The molecule has 3 aromatic rings. The number of hydrogen-bond donors (Lipinski definition) is 0. The van der Waals surface area contributed by atoms with E-state index in [0.29, 0.717) is 5.92 Å². The summed E-state index contributed by atoms with van der Waals surface area (Å²) in [5, 5.41) is 0. The van der Waals surface area contributed by atoms with Gasteiger partial charge in [-0.3, -0.25) is 9.69 Å². The molecule has 2 aliphatic heterocycles. The zero-order chi connectivity index (χ0) is 18.9. The van der Waals surface area contributed by atoms with E-state index in [1.807, 2.05) is 35.2 Å². The van der Waals surface area contributed by atoms with Gasteiger partial charge in [-0.25, -0.2) is 0 Å². The summed E-state index contributed by atoms with van der Waals surface area (Å²) in [6.07, 6.45) is 0. The second kappa shape index (κ2) is 7.25. The molecule has 0 saturated carbocycles. The van der Waals surface area contributed by atoms with Gasteiger partial charge >= 0.3 is 0 Å². The summed E-state index contributed by atoms with van der Waals surface area (Å²) >= 11 is 0. The quantitative estimate of drug-likeness (QED) is 0.672. The highest BCUT2D eigenvalue weighted by atomic mass is 16.2. The van der Waals surface area contributed by atoms with Gasteiger partial charge in [0.05, 0.1) is 6.04 Å². The van der Waals surface area contributed by atoms with Crippen LogP contribution < -0.4 is 0 Å². The SMILES string of the molecule is O=C(c1ccccc1)N1CCN2CC(c3ccccc3)c3ccccc3C2C1. The number of amides is 1. The fraction of sp³-hybridized carbons (Fsp3) is 0.240.